The number of aliphatic carboxylic acids is 1. The highest BCUT2D eigenvalue weighted by Gasteiger charge is 2.41. The number of aliphatic imine (C=N–C) groups is 1. The van der Waals surface area contributed by atoms with E-state index in [4.69, 9.17) is 17.2 Å². The molecule has 6 atom stereocenters. The molecule has 18 nitrogen and oxygen atoms in total. The van der Waals surface area contributed by atoms with E-state index in [9.17, 15) is 38.7 Å². The summed E-state index contributed by atoms with van der Waals surface area (Å²) in [4.78, 5) is 97.8. The molecule has 11 N–H and O–H groups in total. The van der Waals surface area contributed by atoms with Gasteiger partial charge in [0.05, 0.1) is 12.5 Å². The minimum absolute atomic E-state index is 0.0210. The lowest BCUT2D eigenvalue weighted by molar-refractivity contribution is -0.146. The number of rotatable bonds is 17. The van der Waals surface area contributed by atoms with Gasteiger partial charge in [0.1, 0.15) is 30.2 Å². The second-order valence-corrected chi connectivity index (χ2v) is 13.3. The van der Waals surface area contributed by atoms with Crippen molar-refractivity contribution in [2.45, 2.75) is 114 Å². The number of guanidine groups is 1. The maximum absolute atomic E-state index is 13.8. The average Bonchev–Trinajstić information content (AvgIpc) is 3.82. The monoisotopic (exact) mass is 692 g/mol. The summed E-state index contributed by atoms with van der Waals surface area (Å²) in [5, 5.41) is 20.5. The van der Waals surface area contributed by atoms with E-state index in [1.807, 2.05) is 13.8 Å². The third kappa shape index (κ3) is 11.3. The molecule has 3 heterocycles. The van der Waals surface area contributed by atoms with E-state index in [-0.39, 0.29) is 62.6 Å². The number of nitrogens with one attached hydrogen (secondary N) is 4. The number of carbonyl (C=O) groups is 7. The normalized spacial score (nSPS) is 22.2. The summed E-state index contributed by atoms with van der Waals surface area (Å²) in [6.07, 6.45) is 3.14. The highest BCUT2D eigenvalue weighted by molar-refractivity contribution is 5.98. The van der Waals surface area contributed by atoms with Crippen LogP contribution in [0, 0.1) is 5.92 Å². The Morgan fingerprint density at radius 2 is 1.45 bits per heavy atom. The van der Waals surface area contributed by atoms with Crippen LogP contribution in [0.2, 0.25) is 0 Å². The van der Waals surface area contributed by atoms with Gasteiger partial charge in [-0.1, -0.05) is 13.8 Å². The van der Waals surface area contributed by atoms with Crippen molar-refractivity contribution in [2.24, 2.45) is 28.1 Å². The van der Waals surface area contributed by atoms with Crippen molar-refractivity contribution in [1.29, 1.82) is 0 Å². The number of carboxylic acid groups (broad SMARTS) is 1. The SMILES string of the molecule is CC(C)C[C@H](NC(=O)[C@@H]1CCCN1C(=O)[C@H](CC(N)=O)NC(=O)[C@H](CCCN=C(N)N)NC(=O)[C@@H]1CCCN1C(=O)[C@@H]1CCCN1)C(=O)O. The molecule has 18 heteroatoms. The number of carboxylic acids is 1. The summed E-state index contributed by atoms with van der Waals surface area (Å²) in [5.74, 6) is -5.16. The van der Waals surface area contributed by atoms with Crippen LogP contribution >= 0.6 is 0 Å². The first-order valence-corrected chi connectivity index (χ1v) is 17.0. The molecule has 0 spiro atoms. The molecular formula is C31H52N10O8. The minimum Gasteiger partial charge on any atom is -0.480 e. The molecule has 3 fully saturated rings. The largest absolute Gasteiger partial charge is 0.480 e. The number of primary amides is 1. The Bertz CT molecular complexity index is 1270. The molecule has 0 saturated carbocycles. The first-order chi connectivity index (χ1) is 23.2. The molecule has 0 aromatic heterocycles. The summed E-state index contributed by atoms with van der Waals surface area (Å²) in [7, 11) is 0. The van der Waals surface area contributed by atoms with Gasteiger partial charge in [-0.25, -0.2) is 4.79 Å². The van der Waals surface area contributed by atoms with Crippen LogP contribution in [0.4, 0.5) is 0 Å². The standard InChI is InChI=1S/C31H52N10O8/c1-17(2)15-21(30(48)49)39-27(45)23-10-6-14-41(23)29(47)20(16-24(32)42)38-25(43)18(7-3-12-36-31(33)34)37-26(44)22-9-5-13-40(22)28(46)19-8-4-11-35-19/h17-23,35H,3-16H2,1-2H3,(H2,32,42)(H,37,44)(H,38,43)(H,39,45)(H,48,49)(H4,33,34,36)/t18-,19-,20-,21-,22-,23-/m0/s1. The number of nitrogens with zero attached hydrogens (tertiary/aromatic N) is 3. The summed E-state index contributed by atoms with van der Waals surface area (Å²) in [5.41, 5.74) is 16.3. The predicted octanol–water partition coefficient (Wildman–Crippen LogP) is -2.77. The second kappa shape index (κ2) is 18.3. The lowest BCUT2D eigenvalue weighted by atomic mass is 10.0. The molecule has 3 saturated heterocycles. The van der Waals surface area contributed by atoms with Gasteiger partial charge in [-0.2, -0.15) is 0 Å². The van der Waals surface area contributed by atoms with Crippen molar-refractivity contribution in [1.82, 2.24) is 31.1 Å². The molecule has 0 radical (unpaired) electrons. The van der Waals surface area contributed by atoms with E-state index < -0.39 is 72.1 Å². The lowest BCUT2D eigenvalue weighted by Crippen LogP contribution is -2.59. The van der Waals surface area contributed by atoms with Crippen molar-refractivity contribution in [3.05, 3.63) is 0 Å². The Hall–Kier alpha value is -4.48. The zero-order chi connectivity index (χ0) is 36.2. The summed E-state index contributed by atoms with van der Waals surface area (Å²) >= 11 is 0. The van der Waals surface area contributed by atoms with Crippen molar-refractivity contribution in [2.75, 3.05) is 26.2 Å². The van der Waals surface area contributed by atoms with Crippen LogP contribution < -0.4 is 38.5 Å². The maximum Gasteiger partial charge on any atom is 0.326 e. The lowest BCUT2D eigenvalue weighted by Gasteiger charge is -2.31. The van der Waals surface area contributed by atoms with Gasteiger partial charge in [-0.15, -0.1) is 0 Å². The zero-order valence-electron chi connectivity index (χ0n) is 28.3. The average molecular weight is 693 g/mol. The maximum atomic E-state index is 13.8. The molecule has 0 bridgehead atoms. The van der Waals surface area contributed by atoms with Gasteiger partial charge in [0.25, 0.3) is 0 Å². The molecule has 3 rings (SSSR count). The second-order valence-electron chi connectivity index (χ2n) is 13.3. The molecule has 3 aliphatic rings. The van der Waals surface area contributed by atoms with E-state index in [2.05, 4.69) is 26.3 Å². The molecule has 6 amide bonds. The van der Waals surface area contributed by atoms with Crippen molar-refractivity contribution >= 4 is 47.4 Å². The fourth-order valence-corrected chi connectivity index (χ4v) is 6.58. The Labute approximate surface area is 285 Å². The first-order valence-electron chi connectivity index (χ1n) is 17.0. The van der Waals surface area contributed by atoms with Gasteiger partial charge in [-0.05, 0) is 70.3 Å². The highest BCUT2D eigenvalue weighted by Crippen LogP contribution is 2.22. The topological polar surface area (TPSA) is 285 Å². The molecule has 0 unspecified atom stereocenters. The van der Waals surface area contributed by atoms with Crippen LogP contribution in [0.1, 0.15) is 78.1 Å². The number of hydrogen-bond donors (Lipinski definition) is 8. The van der Waals surface area contributed by atoms with Gasteiger partial charge < -0.3 is 53.4 Å². The number of carbonyl (C=O) groups excluding carboxylic acids is 6. The van der Waals surface area contributed by atoms with E-state index >= 15 is 0 Å². The Kier molecular flexibility index (Phi) is 14.6. The van der Waals surface area contributed by atoms with Gasteiger partial charge in [0.15, 0.2) is 5.96 Å². The molecule has 49 heavy (non-hydrogen) atoms. The van der Waals surface area contributed by atoms with Crippen molar-refractivity contribution < 1.29 is 38.7 Å². The summed E-state index contributed by atoms with van der Waals surface area (Å²) < 4.78 is 0. The number of nitrogens with two attached hydrogens (primary N) is 3. The third-order valence-electron chi connectivity index (χ3n) is 8.96. The number of hydrogen-bond acceptors (Lipinski definition) is 9. The predicted molar refractivity (Wildman–Crippen MR) is 177 cm³/mol. The Morgan fingerprint density at radius 3 is 2.00 bits per heavy atom. The first kappa shape index (κ1) is 39.0. The molecule has 3 aliphatic heterocycles. The van der Waals surface area contributed by atoms with Gasteiger partial charge in [0, 0.05) is 19.6 Å². The number of likely N-dealkylation sites (tertiary alicyclic amines) is 2. The molecular weight excluding hydrogens is 640 g/mol. The van der Waals surface area contributed by atoms with Crippen LogP contribution in [-0.4, -0.2) is 125 Å². The van der Waals surface area contributed by atoms with Crippen LogP contribution in [0.15, 0.2) is 4.99 Å². The Balaban J connectivity index is 1.76. The number of amides is 6. The Morgan fingerprint density at radius 1 is 0.837 bits per heavy atom. The van der Waals surface area contributed by atoms with Crippen molar-refractivity contribution in [3.63, 3.8) is 0 Å². The minimum atomic E-state index is -1.47. The third-order valence-corrected chi connectivity index (χ3v) is 8.96. The highest BCUT2D eigenvalue weighted by atomic mass is 16.4. The molecule has 0 aromatic rings. The van der Waals surface area contributed by atoms with Gasteiger partial charge in [0.2, 0.25) is 35.4 Å². The van der Waals surface area contributed by atoms with Gasteiger partial charge in [-0.3, -0.25) is 33.8 Å². The quantitative estimate of drug-likeness (QED) is 0.0439. The van der Waals surface area contributed by atoms with E-state index in [0.717, 1.165) is 6.42 Å². The van der Waals surface area contributed by atoms with E-state index in [1.54, 1.807) is 0 Å². The fraction of sp³-hybridized carbons (Fsp3) is 0.742. The van der Waals surface area contributed by atoms with Crippen LogP contribution in [0.5, 0.6) is 0 Å². The van der Waals surface area contributed by atoms with Gasteiger partial charge >= 0.3 is 5.97 Å². The summed E-state index contributed by atoms with van der Waals surface area (Å²) in [6.45, 7) is 5.03. The zero-order valence-corrected chi connectivity index (χ0v) is 28.3. The fourth-order valence-electron chi connectivity index (χ4n) is 6.58. The van der Waals surface area contributed by atoms with E-state index in [1.165, 1.54) is 9.80 Å². The van der Waals surface area contributed by atoms with Crippen LogP contribution in [-0.2, 0) is 33.6 Å². The summed E-state index contributed by atoms with van der Waals surface area (Å²) in [6, 6.07) is -6.01. The molecule has 0 aromatic carbocycles. The van der Waals surface area contributed by atoms with Crippen LogP contribution in [0.3, 0.4) is 0 Å². The van der Waals surface area contributed by atoms with Crippen molar-refractivity contribution in [3.8, 4) is 0 Å². The smallest absolute Gasteiger partial charge is 0.326 e. The molecule has 274 valence electrons. The van der Waals surface area contributed by atoms with E-state index in [0.29, 0.717) is 38.8 Å². The van der Waals surface area contributed by atoms with Crippen LogP contribution in [0.25, 0.3) is 0 Å². The molecule has 0 aliphatic carbocycles.